The van der Waals surface area contributed by atoms with Crippen LogP contribution in [-0.4, -0.2) is 33.5 Å². The third-order valence-corrected chi connectivity index (χ3v) is 4.61. The van der Waals surface area contributed by atoms with E-state index in [-0.39, 0.29) is 5.91 Å². The van der Waals surface area contributed by atoms with Crippen molar-refractivity contribution in [2.24, 2.45) is 0 Å². The summed E-state index contributed by atoms with van der Waals surface area (Å²) < 4.78 is 5.11. The van der Waals surface area contributed by atoms with Gasteiger partial charge in [-0.15, -0.1) is 0 Å². The number of hydrogen-bond acceptors (Lipinski definition) is 4. The fourth-order valence-electron chi connectivity index (χ4n) is 3.40. The predicted octanol–water partition coefficient (Wildman–Crippen LogP) is 3.32. The summed E-state index contributed by atoms with van der Waals surface area (Å²) in [4.78, 5) is 18.9. The molecule has 1 aliphatic heterocycles. The standard InChI is InChI=1S/C19H25N3O2/c1-15-20-18(24-21-15)11-7-12-19(23)22-13-6-5-10-17(22)14-16-8-3-2-4-9-16/h2-4,8-9,17H,5-7,10-14H2,1H3/t17-/m0/s1. The molecular formula is C19H25N3O2. The van der Waals surface area contributed by atoms with Gasteiger partial charge >= 0.3 is 0 Å². The van der Waals surface area contributed by atoms with Gasteiger partial charge in [-0.05, 0) is 44.6 Å². The van der Waals surface area contributed by atoms with E-state index in [1.54, 1.807) is 6.92 Å². The largest absolute Gasteiger partial charge is 0.339 e. The molecule has 5 nitrogen and oxygen atoms in total. The van der Waals surface area contributed by atoms with Gasteiger partial charge in [-0.25, -0.2) is 0 Å². The number of aryl methyl sites for hydroxylation is 2. The zero-order chi connectivity index (χ0) is 16.8. The maximum absolute atomic E-state index is 12.7. The summed E-state index contributed by atoms with van der Waals surface area (Å²) in [5, 5.41) is 3.78. The highest BCUT2D eigenvalue weighted by Gasteiger charge is 2.26. The highest BCUT2D eigenvalue weighted by molar-refractivity contribution is 5.76. The van der Waals surface area contributed by atoms with Gasteiger partial charge in [0.1, 0.15) is 0 Å². The van der Waals surface area contributed by atoms with Crippen molar-refractivity contribution in [3.05, 3.63) is 47.6 Å². The number of amides is 1. The van der Waals surface area contributed by atoms with Crippen molar-refractivity contribution in [2.45, 2.75) is 57.9 Å². The van der Waals surface area contributed by atoms with E-state index in [0.29, 0.717) is 30.6 Å². The second-order valence-corrected chi connectivity index (χ2v) is 6.52. The summed E-state index contributed by atoms with van der Waals surface area (Å²) in [5.41, 5.74) is 1.31. The lowest BCUT2D eigenvalue weighted by Crippen LogP contribution is -2.44. The fraction of sp³-hybridized carbons (Fsp3) is 0.526. The monoisotopic (exact) mass is 327 g/mol. The van der Waals surface area contributed by atoms with Crippen molar-refractivity contribution in [3.8, 4) is 0 Å². The van der Waals surface area contributed by atoms with Crippen LogP contribution in [0.25, 0.3) is 0 Å². The van der Waals surface area contributed by atoms with Crippen molar-refractivity contribution in [2.75, 3.05) is 6.54 Å². The number of likely N-dealkylation sites (tertiary alicyclic amines) is 1. The Labute approximate surface area is 143 Å². The van der Waals surface area contributed by atoms with Gasteiger partial charge in [0.2, 0.25) is 11.8 Å². The smallest absolute Gasteiger partial charge is 0.226 e. The molecule has 0 saturated carbocycles. The lowest BCUT2D eigenvalue weighted by molar-refractivity contribution is -0.134. The lowest BCUT2D eigenvalue weighted by Gasteiger charge is -2.36. The molecule has 1 aliphatic rings. The van der Waals surface area contributed by atoms with Gasteiger partial charge in [-0.1, -0.05) is 35.5 Å². The van der Waals surface area contributed by atoms with E-state index in [0.717, 1.165) is 32.2 Å². The number of piperidine rings is 1. The van der Waals surface area contributed by atoms with E-state index in [2.05, 4.69) is 39.3 Å². The van der Waals surface area contributed by atoms with Crippen LogP contribution in [0.4, 0.5) is 0 Å². The molecule has 1 amide bonds. The molecule has 0 aliphatic carbocycles. The first-order valence-electron chi connectivity index (χ1n) is 8.85. The first-order chi connectivity index (χ1) is 11.7. The molecule has 2 heterocycles. The maximum Gasteiger partial charge on any atom is 0.226 e. The topological polar surface area (TPSA) is 59.2 Å². The minimum Gasteiger partial charge on any atom is -0.339 e. The Kier molecular flexibility index (Phi) is 5.62. The van der Waals surface area contributed by atoms with Crippen LogP contribution in [-0.2, 0) is 17.6 Å². The van der Waals surface area contributed by atoms with Gasteiger partial charge in [-0.3, -0.25) is 4.79 Å². The molecule has 1 atom stereocenters. The molecule has 5 heteroatoms. The van der Waals surface area contributed by atoms with Crippen LogP contribution in [0.1, 0.15) is 49.4 Å². The summed E-state index contributed by atoms with van der Waals surface area (Å²) >= 11 is 0. The zero-order valence-corrected chi connectivity index (χ0v) is 14.3. The number of aromatic nitrogens is 2. The number of benzene rings is 1. The average molecular weight is 327 g/mol. The summed E-state index contributed by atoms with van der Waals surface area (Å²) in [5.74, 6) is 1.53. The molecule has 128 valence electrons. The Bertz CT molecular complexity index is 654. The molecule has 1 saturated heterocycles. The maximum atomic E-state index is 12.7. The van der Waals surface area contributed by atoms with E-state index in [1.165, 1.54) is 12.0 Å². The van der Waals surface area contributed by atoms with E-state index >= 15 is 0 Å². The first-order valence-corrected chi connectivity index (χ1v) is 8.85. The van der Waals surface area contributed by atoms with E-state index < -0.39 is 0 Å². The van der Waals surface area contributed by atoms with E-state index in [1.807, 2.05) is 6.07 Å². The molecule has 0 N–H and O–H groups in total. The summed E-state index contributed by atoms with van der Waals surface area (Å²) in [6, 6.07) is 10.8. The second kappa shape index (κ2) is 8.08. The third-order valence-electron chi connectivity index (χ3n) is 4.61. The number of nitrogens with zero attached hydrogens (tertiary/aromatic N) is 3. The number of carbonyl (C=O) groups is 1. The van der Waals surface area contributed by atoms with Crippen LogP contribution in [0.2, 0.25) is 0 Å². The highest BCUT2D eigenvalue weighted by Crippen LogP contribution is 2.22. The Balaban J connectivity index is 1.53. The molecule has 0 spiro atoms. The van der Waals surface area contributed by atoms with Crippen LogP contribution in [0.5, 0.6) is 0 Å². The molecule has 24 heavy (non-hydrogen) atoms. The SMILES string of the molecule is Cc1noc(CCCC(=O)N2CCCC[C@H]2Cc2ccccc2)n1. The fourth-order valence-corrected chi connectivity index (χ4v) is 3.40. The predicted molar refractivity (Wildman–Crippen MR) is 91.5 cm³/mol. The first kappa shape index (κ1) is 16.7. The van der Waals surface area contributed by atoms with E-state index in [4.69, 9.17) is 4.52 Å². The molecule has 2 aromatic rings. The van der Waals surface area contributed by atoms with Crippen LogP contribution in [0.15, 0.2) is 34.9 Å². The molecule has 3 rings (SSSR count). The summed E-state index contributed by atoms with van der Waals surface area (Å²) in [7, 11) is 0. The van der Waals surface area contributed by atoms with Gasteiger partial charge < -0.3 is 9.42 Å². The number of rotatable bonds is 6. The molecule has 1 fully saturated rings. The minimum atomic E-state index is 0.256. The van der Waals surface area contributed by atoms with E-state index in [9.17, 15) is 4.79 Å². The summed E-state index contributed by atoms with van der Waals surface area (Å²) in [6.07, 6.45) is 6.35. The van der Waals surface area contributed by atoms with Crippen LogP contribution in [0.3, 0.4) is 0 Å². The Morgan fingerprint density at radius 1 is 1.29 bits per heavy atom. The van der Waals surface area contributed by atoms with Crippen molar-refractivity contribution >= 4 is 5.91 Å². The molecule has 1 aromatic carbocycles. The second-order valence-electron chi connectivity index (χ2n) is 6.52. The number of hydrogen-bond donors (Lipinski definition) is 0. The van der Waals surface area contributed by atoms with Crippen LogP contribution in [0, 0.1) is 6.92 Å². The highest BCUT2D eigenvalue weighted by atomic mass is 16.5. The van der Waals surface area contributed by atoms with Gasteiger partial charge in [0.15, 0.2) is 5.82 Å². The quantitative estimate of drug-likeness (QED) is 0.816. The molecule has 1 aromatic heterocycles. The van der Waals surface area contributed by atoms with Gasteiger partial charge in [0, 0.05) is 25.4 Å². The molecule has 0 unspecified atom stereocenters. The van der Waals surface area contributed by atoms with Gasteiger partial charge in [-0.2, -0.15) is 4.98 Å². The van der Waals surface area contributed by atoms with Gasteiger partial charge in [0.25, 0.3) is 0 Å². The summed E-state index contributed by atoms with van der Waals surface area (Å²) in [6.45, 7) is 2.69. The van der Waals surface area contributed by atoms with Crippen molar-refractivity contribution in [3.63, 3.8) is 0 Å². The van der Waals surface area contributed by atoms with Crippen LogP contribution < -0.4 is 0 Å². The van der Waals surface area contributed by atoms with Crippen molar-refractivity contribution in [1.82, 2.24) is 15.0 Å². The zero-order valence-electron chi connectivity index (χ0n) is 14.3. The normalized spacial score (nSPS) is 17.9. The number of carbonyl (C=O) groups excluding carboxylic acids is 1. The van der Waals surface area contributed by atoms with Crippen LogP contribution >= 0.6 is 0 Å². The minimum absolute atomic E-state index is 0.256. The van der Waals surface area contributed by atoms with Crippen molar-refractivity contribution < 1.29 is 9.32 Å². The Hall–Kier alpha value is -2.17. The molecule has 0 radical (unpaired) electrons. The Morgan fingerprint density at radius 2 is 2.12 bits per heavy atom. The lowest BCUT2D eigenvalue weighted by atomic mass is 9.95. The Morgan fingerprint density at radius 3 is 2.88 bits per heavy atom. The average Bonchev–Trinajstić information content (AvgIpc) is 3.01. The molecular weight excluding hydrogens is 302 g/mol. The third kappa shape index (κ3) is 4.43. The van der Waals surface area contributed by atoms with Crippen molar-refractivity contribution in [1.29, 1.82) is 0 Å². The van der Waals surface area contributed by atoms with Gasteiger partial charge in [0.05, 0.1) is 0 Å². The molecule has 0 bridgehead atoms.